The van der Waals surface area contributed by atoms with E-state index < -0.39 is 99.3 Å². The van der Waals surface area contributed by atoms with Crippen molar-refractivity contribution in [2.24, 2.45) is 0 Å². The van der Waals surface area contributed by atoms with E-state index in [1.54, 1.807) is 0 Å². The second-order valence-corrected chi connectivity index (χ2v) is 20.5. The number of rotatable bonds is 46. The molecular weight excluding hydrogens is 949 g/mol. The highest BCUT2D eigenvalue weighted by Gasteiger charge is 2.47. The van der Waals surface area contributed by atoms with Crippen LogP contribution in [0.5, 0.6) is 0 Å². The van der Waals surface area contributed by atoms with Crippen LogP contribution in [0.2, 0.25) is 0 Å². The van der Waals surface area contributed by atoms with Crippen molar-refractivity contribution in [3.8, 4) is 0 Å². The van der Waals surface area contributed by atoms with Crippen LogP contribution in [-0.4, -0.2) is 142 Å². The monoisotopic (exact) mass is 1050 g/mol. The highest BCUT2D eigenvalue weighted by Crippen LogP contribution is 2.27. The molecule has 0 saturated carbocycles. The lowest BCUT2D eigenvalue weighted by molar-refractivity contribution is -0.332. The molecule has 2 heterocycles. The van der Waals surface area contributed by atoms with Gasteiger partial charge >= 0.3 is 11.9 Å². The molecule has 0 aromatic carbocycles. The third-order valence-corrected chi connectivity index (χ3v) is 13.8. The van der Waals surface area contributed by atoms with Crippen molar-refractivity contribution in [3.63, 3.8) is 0 Å². The first kappa shape index (κ1) is 67.6. The first-order chi connectivity index (χ1) is 36.0. The molecule has 2 fully saturated rings. The summed E-state index contributed by atoms with van der Waals surface area (Å²) in [6, 6.07) is 0. The summed E-state index contributed by atoms with van der Waals surface area (Å²) in [7, 11) is 0. The molecule has 0 amide bonds. The van der Waals surface area contributed by atoms with Crippen LogP contribution in [0.25, 0.3) is 0 Å². The molecule has 0 aliphatic carbocycles. The van der Waals surface area contributed by atoms with Crippen LogP contribution >= 0.6 is 0 Å². The maximum absolute atomic E-state index is 13.1. The van der Waals surface area contributed by atoms with E-state index >= 15 is 0 Å². The first-order valence-electron chi connectivity index (χ1n) is 29.2. The molecule has 0 spiro atoms. The highest BCUT2D eigenvalue weighted by molar-refractivity contribution is 5.70. The number of aliphatic hydroxyl groups is 7. The van der Waals surface area contributed by atoms with Gasteiger partial charge in [-0.2, -0.15) is 0 Å². The fourth-order valence-electron chi connectivity index (χ4n) is 9.03. The summed E-state index contributed by atoms with van der Waals surface area (Å²) < 4.78 is 33.7. The van der Waals surface area contributed by atoms with Crippen LogP contribution < -0.4 is 0 Å². The summed E-state index contributed by atoms with van der Waals surface area (Å²) in [5, 5.41) is 72.3. The number of esters is 2. The van der Waals surface area contributed by atoms with Gasteiger partial charge in [-0.25, -0.2) is 0 Å². The van der Waals surface area contributed by atoms with E-state index in [9.17, 15) is 45.3 Å². The highest BCUT2D eigenvalue weighted by atomic mass is 16.7. The van der Waals surface area contributed by atoms with Gasteiger partial charge in [0.05, 0.1) is 19.8 Å². The van der Waals surface area contributed by atoms with Gasteiger partial charge in [0.1, 0.15) is 55.4 Å². The van der Waals surface area contributed by atoms with Gasteiger partial charge in [-0.1, -0.05) is 204 Å². The minimum Gasteiger partial charge on any atom is -0.462 e. The zero-order valence-corrected chi connectivity index (χ0v) is 45.8. The van der Waals surface area contributed by atoms with Crippen LogP contribution in [0.15, 0.2) is 48.6 Å². The van der Waals surface area contributed by atoms with Crippen LogP contribution in [0.1, 0.15) is 219 Å². The maximum atomic E-state index is 13.1. The van der Waals surface area contributed by atoms with Crippen molar-refractivity contribution in [2.75, 3.05) is 26.4 Å². The largest absolute Gasteiger partial charge is 0.462 e. The average molecular weight is 1050 g/mol. The molecule has 2 aliphatic rings. The van der Waals surface area contributed by atoms with E-state index in [4.69, 9.17) is 28.4 Å². The summed E-state index contributed by atoms with van der Waals surface area (Å²) in [5.74, 6) is -0.954. The number of aliphatic hydroxyl groups excluding tert-OH is 7. The summed E-state index contributed by atoms with van der Waals surface area (Å²) in [5.41, 5.74) is 0. The number of allylic oxidation sites excluding steroid dienone is 8. The third-order valence-electron chi connectivity index (χ3n) is 13.8. The summed E-state index contributed by atoms with van der Waals surface area (Å²) in [6.45, 7) is 2.52. The summed E-state index contributed by atoms with van der Waals surface area (Å²) >= 11 is 0. The van der Waals surface area contributed by atoms with Gasteiger partial charge in [-0.3, -0.25) is 9.59 Å². The lowest BCUT2D eigenvalue weighted by Crippen LogP contribution is -2.61. The minimum atomic E-state index is -1.77. The van der Waals surface area contributed by atoms with Gasteiger partial charge in [0, 0.05) is 12.8 Å². The van der Waals surface area contributed by atoms with E-state index in [0.29, 0.717) is 12.8 Å². The first-order valence-corrected chi connectivity index (χ1v) is 29.2. The normalized spacial score (nSPS) is 25.0. The fraction of sp³-hybridized carbons (Fsp3) is 0.831. The molecule has 2 aliphatic heterocycles. The molecule has 2 rings (SSSR count). The topological polar surface area (TPSA) is 231 Å². The molecule has 4 unspecified atom stereocenters. The number of hydrogen-bond acceptors (Lipinski definition) is 15. The van der Waals surface area contributed by atoms with Crippen molar-refractivity contribution >= 4 is 11.9 Å². The quantitative estimate of drug-likeness (QED) is 0.0171. The molecule has 0 aromatic rings. The van der Waals surface area contributed by atoms with Gasteiger partial charge in [-0.05, 0) is 51.4 Å². The van der Waals surface area contributed by atoms with E-state index in [1.165, 1.54) is 116 Å². The van der Waals surface area contributed by atoms with Crippen LogP contribution in [0.4, 0.5) is 0 Å². The smallest absolute Gasteiger partial charge is 0.306 e. The Labute approximate surface area is 446 Å². The fourth-order valence-corrected chi connectivity index (χ4v) is 9.03. The molecule has 0 aromatic heterocycles. The molecule has 15 heteroatoms. The Morgan fingerprint density at radius 2 is 0.838 bits per heavy atom. The molecule has 74 heavy (non-hydrogen) atoms. The van der Waals surface area contributed by atoms with Gasteiger partial charge in [0.2, 0.25) is 0 Å². The molecule has 11 atom stereocenters. The zero-order valence-electron chi connectivity index (χ0n) is 45.8. The third kappa shape index (κ3) is 32.3. The number of unbranched alkanes of at least 4 members (excludes halogenated alkanes) is 24. The lowest BCUT2D eigenvalue weighted by Gasteiger charge is -2.42. The Morgan fingerprint density at radius 1 is 0.432 bits per heavy atom. The molecule has 7 N–H and O–H groups in total. The molecule has 0 bridgehead atoms. The number of carbonyl (C=O) groups is 2. The van der Waals surface area contributed by atoms with Gasteiger partial charge in [0.25, 0.3) is 0 Å². The van der Waals surface area contributed by atoms with Crippen molar-refractivity contribution in [2.45, 2.75) is 287 Å². The van der Waals surface area contributed by atoms with Crippen molar-refractivity contribution in [3.05, 3.63) is 48.6 Å². The lowest BCUT2D eigenvalue weighted by atomic mass is 9.98. The number of hydrogen-bond donors (Lipinski definition) is 7. The van der Waals surface area contributed by atoms with E-state index in [1.807, 2.05) is 0 Å². The van der Waals surface area contributed by atoms with Crippen molar-refractivity contribution in [1.29, 1.82) is 0 Å². The van der Waals surface area contributed by atoms with E-state index in [0.717, 1.165) is 64.2 Å². The summed E-state index contributed by atoms with van der Waals surface area (Å²) in [4.78, 5) is 25.9. The van der Waals surface area contributed by atoms with Gasteiger partial charge in [0.15, 0.2) is 18.7 Å². The SMILES string of the molecule is CCC/C=C/C/C=C/C/C=C/C/C=C/CCCCCC(=O)OC[C@H](CO[C@H]1O[C@@H](CO[C@H]2O[C@@H](CO)[C@@H](O)C(O)C2O)[C@@H](O)C(O)C1O)OC(=O)CCCCCCCCCCCCCCCCCCCCCCC. The van der Waals surface area contributed by atoms with Crippen molar-refractivity contribution < 1.29 is 73.8 Å². The zero-order chi connectivity index (χ0) is 53.9. The van der Waals surface area contributed by atoms with Crippen molar-refractivity contribution in [1.82, 2.24) is 0 Å². The summed E-state index contributed by atoms with van der Waals surface area (Å²) in [6.07, 6.45) is 35.6. The maximum Gasteiger partial charge on any atom is 0.306 e. The number of carbonyl (C=O) groups excluding carboxylic acids is 2. The predicted octanol–water partition coefficient (Wildman–Crippen LogP) is 9.83. The predicted molar refractivity (Wildman–Crippen MR) is 289 cm³/mol. The standard InChI is InChI=1S/C59H104O15/c1-3-5-7-9-11-13-15-17-19-21-22-23-24-26-28-30-32-34-36-38-40-42-51(62)72-47(44-69-50(61)41-39-37-35-33-31-29-27-25-20-18-16-14-12-10-8-6-4-2)45-70-58-57(68)55(66)53(64)49(74-58)46-71-59-56(67)54(65)52(63)48(43-60)73-59/h8,10,14,16,20,25,29,31,47-49,52-60,63-68H,3-7,9,11-13,15,17-19,21-24,26-28,30,32-46H2,1-2H3/b10-8+,16-14+,25-20+,31-29+/t47-,48+,49+,52-,53-,54?,55?,56?,57?,58+,59+/m1/s1. The Balaban J connectivity index is 1.76. The Kier molecular flexibility index (Phi) is 41.5. The molecule has 0 radical (unpaired) electrons. The second kappa shape index (κ2) is 45.5. The number of ether oxygens (including phenoxy) is 6. The van der Waals surface area contributed by atoms with E-state index in [-0.39, 0.29) is 19.4 Å². The molecule has 2 saturated heterocycles. The Bertz CT molecular complexity index is 1470. The van der Waals surface area contributed by atoms with Crippen LogP contribution in [0.3, 0.4) is 0 Å². The van der Waals surface area contributed by atoms with E-state index in [2.05, 4.69) is 62.5 Å². The average Bonchev–Trinajstić information content (AvgIpc) is 3.39. The second-order valence-electron chi connectivity index (χ2n) is 20.5. The molecular formula is C59H104O15. The van der Waals surface area contributed by atoms with Crippen LogP contribution in [-0.2, 0) is 38.0 Å². The van der Waals surface area contributed by atoms with Crippen LogP contribution in [0, 0.1) is 0 Å². The van der Waals surface area contributed by atoms with Gasteiger partial charge < -0.3 is 64.2 Å². The Hall–Kier alpha value is -2.54. The van der Waals surface area contributed by atoms with Gasteiger partial charge in [-0.15, -0.1) is 0 Å². The minimum absolute atomic E-state index is 0.160. The molecule has 15 nitrogen and oxygen atoms in total. The Morgan fingerprint density at radius 3 is 1.32 bits per heavy atom. The molecule has 430 valence electrons.